The van der Waals surface area contributed by atoms with Gasteiger partial charge in [0.1, 0.15) is 22.6 Å². The van der Waals surface area contributed by atoms with Crippen LogP contribution >= 0.6 is 23.4 Å². The number of nitrogens with zero attached hydrogens (tertiary/aromatic N) is 2. The van der Waals surface area contributed by atoms with Crippen molar-refractivity contribution in [2.45, 2.75) is 10.4 Å². The second-order valence-corrected chi connectivity index (χ2v) is 7.23. The number of carbonyl (C=O) groups is 1. The van der Waals surface area contributed by atoms with E-state index in [9.17, 15) is 4.79 Å². The number of nitrogens with one attached hydrogen (secondary N) is 1. The Morgan fingerprint density at radius 1 is 1.11 bits per heavy atom. The standard InChI is InChI=1S/C19H18ClN5O2S/c1-27-14-8-7-12(9-13(14)20)23-18(26)17(11-5-3-2-4-6-11)28-19-24-15(21)10-16(22)25-19/h2-10,17H,1H3,(H,23,26)(H4,21,22,24,25). The molecule has 3 rings (SSSR count). The molecule has 9 heteroatoms. The molecule has 0 fully saturated rings. The Balaban J connectivity index is 1.88. The van der Waals surface area contributed by atoms with E-state index in [1.54, 1.807) is 18.2 Å². The predicted octanol–water partition coefficient (Wildman–Crippen LogP) is 3.78. The van der Waals surface area contributed by atoms with Crippen molar-refractivity contribution in [1.29, 1.82) is 0 Å². The number of aromatic nitrogens is 2. The minimum atomic E-state index is -0.622. The molecule has 1 atom stereocenters. The van der Waals surface area contributed by atoms with Crippen molar-refractivity contribution in [2.75, 3.05) is 23.9 Å². The number of halogens is 1. The average molecular weight is 416 g/mol. The van der Waals surface area contributed by atoms with E-state index < -0.39 is 5.25 Å². The number of hydrogen-bond donors (Lipinski definition) is 3. The second kappa shape index (κ2) is 8.81. The van der Waals surface area contributed by atoms with Crippen LogP contribution in [0.3, 0.4) is 0 Å². The zero-order valence-electron chi connectivity index (χ0n) is 14.9. The summed E-state index contributed by atoms with van der Waals surface area (Å²) >= 11 is 7.30. The third-order valence-electron chi connectivity index (χ3n) is 3.73. The van der Waals surface area contributed by atoms with E-state index in [1.165, 1.54) is 13.2 Å². The summed E-state index contributed by atoms with van der Waals surface area (Å²) in [5.74, 6) is 0.743. The molecule has 0 saturated heterocycles. The number of hydrogen-bond acceptors (Lipinski definition) is 7. The number of rotatable bonds is 6. The molecule has 1 unspecified atom stereocenters. The molecule has 0 bridgehead atoms. The lowest BCUT2D eigenvalue weighted by Gasteiger charge is -2.17. The van der Waals surface area contributed by atoms with Crippen LogP contribution in [0.15, 0.2) is 59.8 Å². The molecule has 2 aromatic carbocycles. The number of ether oxygens (including phenoxy) is 1. The van der Waals surface area contributed by atoms with Gasteiger partial charge in [-0.05, 0) is 23.8 Å². The summed E-state index contributed by atoms with van der Waals surface area (Å²) in [5.41, 5.74) is 12.8. The zero-order chi connectivity index (χ0) is 20.1. The van der Waals surface area contributed by atoms with Crippen LogP contribution in [0.25, 0.3) is 0 Å². The molecular weight excluding hydrogens is 398 g/mol. The van der Waals surface area contributed by atoms with Gasteiger partial charge >= 0.3 is 0 Å². The number of anilines is 3. The van der Waals surface area contributed by atoms with Crippen LogP contribution in [-0.2, 0) is 4.79 Å². The number of nitrogen functional groups attached to an aromatic ring is 2. The fourth-order valence-corrected chi connectivity index (χ4v) is 3.72. The van der Waals surface area contributed by atoms with Crippen LogP contribution in [0.2, 0.25) is 5.02 Å². The number of benzene rings is 2. The SMILES string of the molecule is COc1ccc(NC(=O)C(Sc2nc(N)cc(N)n2)c2ccccc2)cc1Cl. The highest BCUT2D eigenvalue weighted by Gasteiger charge is 2.24. The van der Waals surface area contributed by atoms with E-state index >= 15 is 0 Å². The van der Waals surface area contributed by atoms with E-state index in [2.05, 4.69) is 15.3 Å². The van der Waals surface area contributed by atoms with Crippen LogP contribution in [0, 0.1) is 0 Å². The maximum atomic E-state index is 13.0. The van der Waals surface area contributed by atoms with Crippen molar-refractivity contribution in [1.82, 2.24) is 9.97 Å². The Hall–Kier alpha value is -2.97. The van der Waals surface area contributed by atoms with E-state index in [0.717, 1.165) is 17.3 Å². The molecule has 5 N–H and O–H groups in total. The predicted molar refractivity (Wildman–Crippen MR) is 113 cm³/mol. The molecule has 0 aliphatic rings. The summed E-state index contributed by atoms with van der Waals surface area (Å²) < 4.78 is 5.13. The first-order valence-corrected chi connectivity index (χ1v) is 9.48. The molecule has 0 radical (unpaired) electrons. The Bertz CT molecular complexity index is 967. The third-order valence-corrected chi connectivity index (χ3v) is 5.14. The molecule has 7 nitrogen and oxygen atoms in total. The summed E-state index contributed by atoms with van der Waals surface area (Å²) in [6.07, 6.45) is 0. The lowest BCUT2D eigenvalue weighted by Crippen LogP contribution is -2.19. The van der Waals surface area contributed by atoms with Crippen molar-refractivity contribution in [3.8, 4) is 5.75 Å². The molecule has 0 aliphatic heterocycles. The summed E-state index contributed by atoms with van der Waals surface area (Å²) in [6, 6.07) is 15.8. The largest absolute Gasteiger partial charge is 0.495 e. The first-order valence-electron chi connectivity index (χ1n) is 8.22. The van der Waals surface area contributed by atoms with Gasteiger partial charge in [-0.15, -0.1) is 0 Å². The Kier molecular flexibility index (Phi) is 6.23. The fraction of sp³-hybridized carbons (Fsp3) is 0.105. The number of nitrogens with two attached hydrogens (primary N) is 2. The van der Waals surface area contributed by atoms with Crippen molar-refractivity contribution >= 4 is 46.6 Å². The molecule has 3 aromatic rings. The van der Waals surface area contributed by atoms with Gasteiger partial charge in [0.2, 0.25) is 5.91 Å². The summed E-state index contributed by atoms with van der Waals surface area (Å²) in [4.78, 5) is 21.3. The van der Waals surface area contributed by atoms with Gasteiger partial charge in [0, 0.05) is 11.8 Å². The number of methoxy groups -OCH3 is 1. The normalized spacial score (nSPS) is 11.6. The zero-order valence-corrected chi connectivity index (χ0v) is 16.5. The maximum Gasteiger partial charge on any atom is 0.242 e. The van der Waals surface area contributed by atoms with E-state index in [-0.39, 0.29) is 17.5 Å². The van der Waals surface area contributed by atoms with Crippen LogP contribution in [-0.4, -0.2) is 23.0 Å². The molecule has 1 amide bonds. The highest BCUT2D eigenvalue weighted by atomic mass is 35.5. The van der Waals surface area contributed by atoms with Crippen LogP contribution in [0.1, 0.15) is 10.8 Å². The molecule has 0 spiro atoms. The molecule has 0 aliphatic carbocycles. The van der Waals surface area contributed by atoms with Crippen LogP contribution in [0.4, 0.5) is 17.3 Å². The monoisotopic (exact) mass is 415 g/mol. The minimum absolute atomic E-state index is 0.240. The Morgan fingerprint density at radius 2 is 1.79 bits per heavy atom. The quantitative estimate of drug-likeness (QED) is 0.414. The average Bonchev–Trinajstić information content (AvgIpc) is 2.66. The molecule has 1 heterocycles. The summed E-state index contributed by atoms with van der Waals surface area (Å²) in [5, 5.41) is 2.96. The Labute approximate surface area is 171 Å². The first kappa shape index (κ1) is 19.8. The van der Waals surface area contributed by atoms with Crippen molar-refractivity contribution in [3.63, 3.8) is 0 Å². The number of carbonyl (C=O) groups excluding carboxylic acids is 1. The smallest absolute Gasteiger partial charge is 0.242 e. The minimum Gasteiger partial charge on any atom is -0.495 e. The van der Waals surface area contributed by atoms with Gasteiger partial charge in [-0.25, -0.2) is 9.97 Å². The van der Waals surface area contributed by atoms with Gasteiger partial charge in [-0.2, -0.15) is 0 Å². The van der Waals surface area contributed by atoms with Crippen molar-refractivity contribution in [3.05, 3.63) is 65.2 Å². The van der Waals surface area contributed by atoms with Gasteiger partial charge in [0.25, 0.3) is 0 Å². The van der Waals surface area contributed by atoms with Gasteiger partial charge < -0.3 is 21.5 Å². The van der Waals surface area contributed by atoms with Crippen LogP contribution < -0.4 is 21.5 Å². The topological polar surface area (TPSA) is 116 Å². The van der Waals surface area contributed by atoms with Crippen LogP contribution in [0.5, 0.6) is 5.75 Å². The molecular formula is C19H18ClN5O2S. The van der Waals surface area contributed by atoms with E-state index in [4.69, 9.17) is 27.8 Å². The summed E-state index contributed by atoms with van der Waals surface area (Å²) in [7, 11) is 1.53. The van der Waals surface area contributed by atoms with Crippen molar-refractivity contribution in [2.24, 2.45) is 0 Å². The van der Waals surface area contributed by atoms with Gasteiger partial charge in [-0.1, -0.05) is 53.7 Å². The molecule has 1 aromatic heterocycles. The first-order chi connectivity index (χ1) is 13.5. The lowest BCUT2D eigenvalue weighted by molar-refractivity contribution is -0.115. The number of amides is 1. The fourth-order valence-electron chi connectivity index (χ4n) is 2.47. The lowest BCUT2D eigenvalue weighted by atomic mass is 10.1. The van der Waals surface area contributed by atoms with Crippen molar-refractivity contribution < 1.29 is 9.53 Å². The molecule has 144 valence electrons. The third kappa shape index (κ3) is 4.85. The summed E-state index contributed by atoms with van der Waals surface area (Å²) in [6.45, 7) is 0. The van der Waals surface area contributed by atoms with Gasteiger partial charge in [0.15, 0.2) is 5.16 Å². The number of thioether (sulfide) groups is 1. The Morgan fingerprint density at radius 3 is 2.39 bits per heavy atom. The second-order valence-electron chi connectivity index (χ2n) is 5.75. The maximum absolute atomic E-state index is 13.0. The molecule has 28 heavy (non-hydrogen) atoms. The van der Waals surface area contributed by atoms with E-state index in [0.29, 0.717) is 21.6 Å². The highest BCUT2D eigenvalue weighted by molar-refractivity contribution is 8.00. The highest BCUT2D eigenvalue weighted by Crippen LogP contribution is 2.35. The molecule has 0 saturated carbocycles. The van der Waals surface area contributed by atoms with Gasteiger partial charge in [0.05, 0.1) is 12.1 Å². The van der Waals surface area contributed by atoms with E-state index in [1.807, 2.05) is 30.3 Å². The van der Waals surface area contributed by atoms with Gasteiger partial charge in [-0.3, -0.25) is 4.79 Å².